The summed E-state index contributed by atoms with van der Waals surface area (Å²) in [6.07, 6.45) is 0. The Morgan fingerprint density at radius 1 is 1.23 bits per heavy atom. The molecule has 1 amide bonds. The molecule has 114 valence electrons. The highest BCUT2D eigenvalue weighted by Gasteiger charge is 2.14. The quantitative estimate of drug-likeness (QED) is 0.844. The third-order valence-electron chi connectivity index (χ3n) is 2.84. The predicted octanol–water partition coefficient (Wildman–Crippen LogP) is 3.58. The third-order valence-corrected chi connectivity index (χ3v) is 3.50. The Bertz CT molecular complexity index is 716. The van der Waals surface area contributed by atoms with Crippen molar-refractivity contribution in [2.24, 2.45) is 0 Å². The third kappa shape index (κ3) is 3.92. The summed E-state index contributed by atoms with van der Waals surface area (Å²) >= 11 is 3.40. The zero-order chi connectivity index (χ0) is 16.1. The monoisotopic (exact) mass is 362 g/mol. The van der Waals surface area contributed by atoms with Gasteiger partial charge in [-0.2, -0.15) is 0 Å². The molecule has 0 aliphatic rings. The smallest absolute Gasteiger partial charge is 0.356 e. The van der Waals surface area contributed by atoms with Crippen LogP contribution in [0.25, 0.3) is 0 Å². The van der Waals surface area contributed by atoms with Gasteiger partial charge in [0.05, 0.1) is 12.3 Å². The van der Waals surface area contributed by atoms with Crippen LogP contribution in [0.1, 0.15) is 33.5 Å². The van der Waals surface area contributed by atoms with E-state index in [9.17, 15) is 9.59 Å². The van der Waals surface area contributed by atoms with Crippen molar-refractivity contribution < 1.29 is 14.3 Å². The highest BCUT2D eigenvalue weighted by atomic mass is 79.9. The number of hydrogen-bond donors (Lipinski definition) is 1. The summed E-state index contributed by atoms with van der Waals surface area (Å²) in [5, 5.41) is 2.75. The first-order valence-electron chi connectivity index (χ1n) is 6.73. The van der Waals surface area contributed by atoms with E-state index in [1.807, 2.05) is 19.1 Å². The van der Waals surface area contributed by atoms with Crippen molar-refractivity contribution in [3.05, 3.63) is 57.8 Å². The number of nitrogens with one attached hydrogen (secondary N) is 1. The van der Waals surface area contributed by atoms with Gasteiger partial charge in [-0.1, -0.05) is 12.1 Å². The second-order valence-corrected chi connectivity index (χ2v) is 5.42. The molecule has 0 aliphatic carbocycles. The lowest BCUT2D eigenvalue weighted by Crippen LogP contribution is -2.16. The fraction of sp³-hybridized carbons (Fsp3) is 0.188. The molecule has 1 N–H and O–H groups in total. The van der Waals surface area contributed by atoms with Gasteiger partial charge in [-0.25, -0.2) is 9.78 Å². The number of halogens is 1. The van der Waals surface area contributed by atoms with E-state index in [-0.39, 0.29) is 18.0 Å². The Balaban J connectivity index is 2.19. The maximum atomic E-state index is 12.2. The van der Waals surface area contributed by atoms with E-state index in [1.165, 1.54) is 6.07 Å². The molecule has 0 saturated carbocycles. The molecule has 0 spiro atoms. The van der Waals surface area contributed by atoms with Gasteiger partial charge in [-0.05, 0) is 59.6 Å². The van der Waals surface area contributed by atoms with Crippen LogP contribution in [0.2, 0.25) is 0 Å². The van der Waals surface area contributed by atoms with E-state index in [0.717, 1.165) is 10.0 Å². The summed E-state index contributed by atoms with van der Waals surface area (Å²) in [7, 11) is 0. The predicted molar refractivity (Wildman–Crippen MR) is 87.0 cm³/mol. The normalized spacial score (nSPS) is 10.1. The molecule has 0 saturated heterocycles. The number of aromatic nitrogens is 1. The molecule has 0 bridgehead atoms. The Morgan fingerprint density at radius 2 is 1.95 bits per heavy atom. The van der Waals surface area contributed by atoms with Crippen molar-refractivity contribution in [1.82, 2.24) is 4.98 Å². The first kappa shape index (κ1) is 16.2. The van der Waals surface area contributed by atoms with Crippen LogP contribution in [0.15, 0.2) is 40.9 Å². The SMILES string of the molecule is CCOC(=O)c1cccc(C(=O)Nc2ccc(C)cc2Br)n1. The lowest BCUT2D eigenvalue weighted by molar-refractivity contribution is 0.0519. The number of carbonyl (C=O) groups excluding carboxylic acids is 2. The van der Waals surface area contributed by atoms with Crippen molar-refractivity contribution in [1.29, 1.82) is 0 Å². The van der Waals surface area contributed by atoms with Crippen molar-refractivity contribution in [3.63, 3.8) is 0 Å². The van der Waals surface area contributed by atoms with E-state index in [2.05, 4.69) is 26.2 Å². The van der Waals surface area contributed by atoms with Gasteiger partial charge in [-0.3, -0.25) is 4.79 Å². The molecule has 1 aromatic carbocycles. The minimum absolute atomic E-state index is 0.109. The van der Waals surface area contributed by atoms with Crippen molar-refractivity contribution in [3.8, 4) is 0 Å². The number of carbonyl (C=O) groups is 2. The zero-order valence-corrected chi connectivity index (χ0v) is 13.8. The lowest BCUT2D eigenvalue weighted by Gasteiger charge is -2.08. The first-order valence-corrected chi connectivity index (χ1v) is 7.52. The summed E-state index contributed by atoms with van der Waals surface area (Å²) in [4.78, 5) is 27.9. The van der Waals surface area contributed by atoms with Gasteiger partial charge in [0.15, 0.2) is 0 Å². The Morgan fingerprint density at radius 3 is 2.64 bits per heavy atom. The molecule has 2 rings (SSSR count). The van der Waals surface area contributed by atoms with E-state index >= 15 is 0 Å². The molecule has 0 fully saturated rings. The maximum absolute atomic E-state index is 12.2. The molecule has 22 heavy (non-hydrogen) atoms. The minimum Gasteiger partial charge on any atom is -0.461 e. The Hall–Kier alpha value is -2.21. The van der Waals surface area contributed by atoms with Crippen LogP contribution in [0.5, 0.6) is 0 Å². The summed E-state index contributed by atoms with van der Waals surface area (Å²) in [6.45, 7) is 3.93. The first-order chi connectivity index (χ1) is 10.5. The van der Waals surface area contributed by atoms with Gasteiger partial charge in [0, 0.05) is 4.47 Å². The molecule has 1 heterocycles. The minimum atomic E-state index is -0.548. The summed E-state index contributed by atoms with van der Waals surface area (Å²) < 4.78 is 5.65. The molecule has 6 heteroatoms. The number of benzene rings is 1. The highest BCUT2D eigenvalue weighted by molar-refractivity contribution is 9.10. The fourth-order valence-corrected chi connectivity index (χ4v) is 2.38. The van der Waals surface area contributed by atoms with Crippen LogP contribution in [0, 0.1) is 6.92 Å². The van der Waals surface area contributed by atoms with Gasteiger partial charge in [0.25, 0.3) is 5.91 Å². The van der Waals surface area contributed by atoms with Crippen LogP contribution in [-0.4, -0.2) is 23.5 Å². The lowest BCUT2D eigenvalue weighted by atomic mass is 10.2. The standard InChI is InChI=1S/C16H15BrN2O3/c1-3-22-16(21)14-6-4-5-13(18-14)15(20)19-12-8-7-10(2)9-11(12)17/h4-9H,3H2,1-2H3,(H,19,20). The van der Waals surface area contributed by atoms with Gasteiger partial charge >= 0.3 is 5.97 Å². The molecule has 1 aromatic heterocycles. The van der Waals surface area contributed by atoms with E-state index in [0.29, 0.717) is 5.69 Å². The molecule has 2 aromatic rings. The molecular formula is C16H15BrN2O3. The van der Waals surface area contributed by atoms with Crippen molar-refractivity contribution in [2.75, 3.05) is 11.9 Å². The number of esters is 1. The van der Waals surface area contributed by atoms with Crippen LogP contribution in [0.4, 0.5) is 5.69 Å². The topological polar surface area (TPSA) is 68.3 Å². The number of hydrogen-bond acceptors (Lipinski definition) is 4. The van der Waals surface area contributed by atoms with Crippen LogP contribution >= 0.6 is 15.9 Å². The molecule has 5 nitrogen and oxygen atoms in total. The second kappa shape index (κ2) is 7.17. The average molecular weight is 363 g/mol. The van der Waals surface area contributed by atoms with Gasteiger partial charge in [-0.15, -0.1) is 0 Å². The van der Waals surface area contributed by atoms with Crippen molar-refractivity contribution >= 4 is 33.5 Å². The summed E-state index contributed by atoms with van der Waals surface area (Å²) in [6, 6.07) is 10.2. The van der Waals surface area contributed by atoms with Crippen LogP contribution in [0.3, 0.4) is 0 Å². The molecule has 0 radical (unpaired) electrons. The van der Waals surface area contributed by atoms with Crippen molar-refractivity contribution in [2.45, 2.75) is 13.8 Å². The Labute approximate surface area is 136 Å². The van der Waals surface area contributed by atoms with Crippen LogP contribution in [-0.2, 0) is 4.74 Å². The summed E-state index contributed by atoms with van der Waals surface area (Å²) in [5.41, 5.74) is 1.97. The number of amides is 1. The fourth-order valence-electron chi connectivity index (χ4n) is 1.79. The number of nitrogens with zero attached hydrogens (tertiary/aromatic N) is 1. The summed E-state index contributed by atoms with van der Waals surface area (Å²) in [5.74, 6) is -0.940. The van der Waals surface area contributed by atoms with Gasteiger partial charge < -0.3 is 10.1 Å². The zero-order valence-electron chi connectivity index (χ0n) is 12.2. The molecule has 0 unspecified atom stereocenters. The van der Waals surface area contributed by atoms with Gasteiger partial charge in [0.2, 0.25) is 0 Å². The number of ether oxygens (including phenoxy) is 1. The van der Waals surface area contributed by atoms with Crippen LogP contribution < -0.4 is 5.32 Å². The van der Waals surface area contributed by atoms with E-state index < -0.39 is 11.9 Å². The number of rotatable bonds is 4. The molecule has 0 atom stereocenters. The molecule has 0 aliphatic heterocycles. The number of aryl methyl sites for hydroxylation is 1. The second-order valence-electron chi connectivity index (χ2n) is 4.57. The average Bonchev–Trinajstić information content (AvgIpc) is 2.50. The number of pyridine rings is 1. The highest BCUT2D eigenvalue weighted by Crippen LogP contribution is 2.23. The number of anilines is 1. The maximum Gasteiger partial charge on any atom is 0.356 e. The van der Waals surface area contributed by atoms with Gasteiger partial charge in [0.1, 0.15) is 11.4 Å². The van der Waals surface area contributed by atoms with E-state index in [1.54, 1.807) is 25.1 Å². The molecular weight excluding hydrogens is 348 g/mol. The Kier molecular flexibility index (Phi) is 5.27. The largest absolute Gasteiger partial charge is 0.461 e. The van der Waals surface area contributed by atoms with E-state index in [4.69, 9.17) is 4.74 Å².